The van der Waals surface area contributed by atoms with Crippen LogP contribution in [0.1, 0.15) is 18.2 Å². The predicted octanol–water partition coefficient (Wildman–Crippen LogP) is 3.64. The third-order valence-electron chi connectivity index (χ3n) is 5.26. The molecule has 2 fully saturated rings. The van der Waals surface area contributed by atoms with E-state index in [1.807, 2.05) is 11.3 Å². The number of rotatable bonds is 4. The monoisotopic (exact) mass is 406 g/mol. The molecule has 0 atom stereocenters. The van der Waals surface area contributed by atoms with Gasteiger partial charge in [0.2, 0.25) is 0 Å². The molecular formula is C18H28GeN4S. The molecule has 0 aromatic carbocycles. The molecule has 0 amide bonds. The Balaban J connectivity index is 1.49. The summed E-state index contributed by atoms with van der Waals surface area (Å²) in [4.78, 5) is 16.9. The molecule has 4 rings (SSSR count). The van der Waals surface area contributed by atoms with E-state index in [0.29, 0.717) is 5.41 Å². The van der Waals surface area contributed by atoms with Gasteiger partial charge in [-0.25, -0.2) is 0 Å². The number of hydrogen-bond donors (Lipinski definition) is 0. The van der Waals surface area contributed by atoms with Crippen molar-refractivity contribution >= 4 is 40.6 Å². The van der Waals surface area contributed by atoms with E-state index in [0.717, 1.165) is 17.8 Å². The Morgan fingerprint density at radius 3 is 2.71 bits per heavy atom. The van der Waals surface area contributed by atoms with Crippen molar-refractivity contribution in [3.63, 3.8) is 0 Å². The first-order valence-electron chi connectivity index (χ1n) is 9.08. The molecule has 0 radical (unpaired) electrons. The molecule has 4 heterocycles. The Bertz CT molecular complexity index is 745. The van der Waals surface area contributed by atoms with Gasteiger partial charge in [0, 0.05) is 0 Å². The van der Waals surface area contributed by atoms with E-state index < -0.39 is 13.3 Å². The van der Waals surface area contributed by atoms with Gasteiger partial charge in [0.1, 0.15) is 0 Å². The third-order valence-corrected chi connectivity index (χ3v) is 9.38. The van der Waals surface area contributed by atoms with Crippen LogP contribution in [0.2, 0.25) is 17.3 Å². The van der Waals surface area contributed by atoms with Crippen molar-refractivity contribution in [3.8, 4) is 0 Å². The molecule has 1 spiro atoms. The number of aromatic nitrogens is 2. The second-order valence-corrected chi connectivity index (χ2v) is 21.4. The van der Waals surface area contributed by atoms with E-state index in [1.54, 1.807) is 6.33 Å². The average Bonchev–Trinajstić information content (AvgIpc) is 3.08. The first-order chi connectivity index (χ1) is 11.4. The van der Waals surface area contributed by atoms with Gasteiger partial charge in [0.25, 0.3) is 0 Å². The normalized spacial score (nSPS) is 20.9. The van der Waals surface area contributed by atoms with Crippen molar-refractivity contribution in [2.24, 2.45) is 5.41 Å². The zero-order valence-corrected chi connectivity index (χ0v) is 18.2. The van der Waals surface area contributed by atoms with Crippen LogP contribution < -0.4 is 4.90 Å². The molecule has 2 aliphatic heterocycles. The maximum atomic E-state index is 4.66. The van der Waals surface area contributed by atoms with Crippen LogP contribution in [0, 0.1) is 5.41 Å². The molecule has 0 N–H and O–H groups in total. The number of aryl methyl sites for hydroxylation is 1. The topological polar surface area (TPSA) is 32.3 Å². The van der Waals surface area contributed by atoms with Crippen LogP contribution in [0.4, 0.5) is 5.82 Å². The second-order valence-electron chi connectivity index (χ2n) is 8.86. The van der Waals surface area contributed by atoms with Crippen LogP contribution in [0.5, 0.6) is 0 Å². The Morgan fingerprint density at radius 2 is 2.00 bits per heavy atom. The summed E-state index contributed by atoms with van der Waals surface area (Å²) in [7, 11) is 0. The van der Waals surface area contributed by atoms with E-state index >= 15 is 0 Å². The number of fused-ring (bicyclic) bond motifs is 1. The van der Waals surface area contributed by atoms with Gasteiger partial charge in [-0.15, -0.1) is 0 Å². The van der Waals surface area contributed by atoms with Crippen molar-refractivity contribution in [2.45, 2.75) is 37.0 Å². The molecule has 0 saturated carbocycles. The number of thiophene rings is 1. The van der Waals surface area contributed by atoms with E-state index in [9.17, 15) is 0 Å². The first-order valence-corrected chi connectivity index (χ1v) is 17.7. The summed E-state index contributed by atoms with van der Waals surface area (Å²) in [5.41, 5.74) is 0.522. The van der Waals surface area contributed by atoms with Crippen LogP contribution in [-0.4, -0.2) is 59.7 Å². The Labute approximate surface area is 151 Å². The van der Waals surface area contributed by atoms with E-state index in [4.69, 9.17) is 0 Å². The Morgan fingerprint density at radius 1 is 1.21 bits per heavy atom. The first kappa shape index (κ1) is 16.8. The summed E-state index contributed by atoms with van der Waals surface area (Å²) in [5.74, 6) is 8.72. The Kier molecular flexibility index (Phi) is 4.17. The number of nitrogens with zero attached hydrogens (tertiary/aromatic N) is 4. The van der Waals surface area contributed by atoms with Gasteiger partial charge < -0.3 is 0 Å². The summed E-state index contributed by atoms with van der Waals surface area (Å²) < 4.78 is 0. The summed E-state index contributed by atoms with van der Waals surface area (Å²) in [5, 5.41) is 2.65. The number of hydrogen-bond acceptors (Lipinski definition) is 5. The van der Waals surface area contributed by atoms with Gasteiger partial charge in [-0.05, 0) is 0 Å². The molecular weight excluding hydrogens is 377 g/mol. The molecule has 0 aliphatic carbocycles. The van der Waals surface area contributed by atoms with Crippen molar-refractivity contribution in [3.05, 3.63) is 17.3 Å². The van der Waals surface area contributed by atoms with E-state index in [2.05, 4.69) is 50.0 Å². The molecule has 2 aromatic rings. The standard InChI is InChI=1S/C18H28GeN4S/c1-5-14-8-15-16(20-13-21-17(15)24-14)23-7-6-18(11-23)9-22(10-18)12-19(2,3)4/h8,13H,5-7,9-12H2,1-4H3. The minimum absolute atomic E-state index is 0.522. The molecule has 2 aliphatic rings. The van der Waals surface area contributed by atoms with Crippen LogP contribution in [0.15, 0.2) is 12.4 Å². The summed E-state index contributed by atoms with van der Waals surface area (Å²) >= 11 is 0.351. The fourth-order valence-corrected chi connectivity index (χ4v) is 8.59. The molecule has 2 aromatic heterocycles. The molecule has 0 unspecified atom stereocenters. The third kappa shape index (κ3) is 3.10. The summed E-state index contributed by atoms with van der Waals surface area (Å²) in [6, 6.07) is 2.31. The minimum atomic E-state index is -1.47. The fourth-order valence-electron chi connectivity index (χ4n) is 4.38. The van der Waals surface area contributed by atoms with Crippen LogP contribution >= 0.6 is 11.3 Å². The number of likely N-dealkylation sites (tertiary alicyclic amines) is 1. The van der Waals surface area contributed by atoms with Crippen molar-refractivity contribution in [2.75, 3.05) is 36.5 Å². The average molecular weight is 405 g/mol. The van der Waals surface area contributed by atoms with E-state index in [-0.39, 0.29) is 0 Å². The fraction of sp³-hybridized carbons (Fsp3) is 0.667. The van der Waals surface area contributed by atoms with Gasteiger partial charge >= 0.3 is 152 Å². The second kappa shape index (κ2) is 5.95. The summed E-state index contributed by atoms with van der Waals surface area (Å²) in [6.07, 6.45) is 4.15. The van der Waals surface area contributed by atoms with Crippen LogP contribution in [0.25, 0.3) is 10.2 Å². The van der Waals surface area contributed by atoms with Gasteiger partial charge in [0.05, 0.1) is 0 Å². The predicted molar refractivity (Wildman–Crippen MR) is 106 cm³/mol. The van der Waals surface area contributed by atoms with Gasteiger partial charge in [0.15, 0.2) is 0 Å². The zero-order valence-electron chi connectivity index (χ0n) is 15.3. The molecule has 6 heteroatoms. The van der Waals surface area contributed by atoms with Crippen LogP contribution in [0.3, 0.4) is 0 Å². The van der Waals surface area contributed by atoms with Crippen molar-refractivity contribution < 1.29 is 0 Å². The Hall–Kier alpha value is -0.657. The molecule has 0 bridgehead atoms. The van der Waals surface area contributed by atoms with Crippen molar-refractivity contribution in [1.29, 1.82) is 0 Å². The van der Waals surface area contributed by atoms with Crippen molar-refractivity contribution in [1.82, 2.24) is 14.9 Å². The SMILES string of the molecule is CCc1cc2c(N3CCC4(CN([CH2][Ge]([CH3])([CH3])[CH3])C4)C3)ncnc2s1. The van der Waals surface area contributed by atoms with E-state index in [1.165, 1.54) is 47.5 Å². The van der Waals surface area contributed by atoms with Gasteiger partial charge in [-0.3, -0.25) is 0 Å². The molecule has 4 nitrogen and oxygen atoms in total. The molecule has 130 valence electrons. The van der Waals surface area contributed by atoms with Gasteiger partial charge in [-0.2, -0.15) is 0 Å². The molecule has 2 saturated heterocycles. The quantitative estimate of drug-likeness (QED) is 0.728. The van der Waals surface area contributed by atoms with Crippen LogP contribution in [-0.2, 0) is 6.42 Å². The molecule has 24 heavy (non-hydrogen) atoms. The van der Waals surface area contributed by atoms with Gasteiger partial charge in [-0.1, -0.05) is 0 Å². The summed E-state index contributed by atoms with van der Waals surface area (Å²) in [6.45, 7) is 7.12. The zero-order chi connectivity index (χ0) is 16.9. The number of anilines is 1. The maximum absolute atomic E-state index is 4.66.